The van der Waals surface area contributed by atoms with E-state index in [-0.39, 0.29) is 5.91 Å². The summed E-state index contributed by atoms with van der Waals surface area (Å²) in [6, 6.07) is 6.19. The van der Waals surface area contributed by atoms with Crippen LogP contribution in [0.25, 0.3) is 0 Å². The lowest BCUT2D eigenvalue weighted by Crippen LogP contribution is -2.45. The molecule has 0 aromatic heterocycles. The lowest BCUT2D eigenvalue weighted by molar-refractivity contribution is -0.136. The summed E-state index contributed by atoms with van der Waals surface area (Å²) in [7, 11) is 1.95. The Bertz CT molecular complexity index is 478. The van der Waals surface area contributed by atoms with Crippen LogP contribution in [0.1, 0.15) is 11.1 Å². The van der Waals surface area contributed by atoms with Crippen molar-refractivity contribution in [3.8, 4) is 5.75 Å². The van der Waals surface area contributed by atoms with Crippen LogP contribution in [-0.2, 0) is 9.53 Å². The lowest BCUT2D eigenvalue weighted by atomic mass is 10.1. The summed E-state index contributed by atoms with van der Waals surface area (Å²) in [6.45, 7) is 8.54. The molecule has 0 radical (unpaired) electrons. The first-order valence-corrected chi connectivity index (χ1v) is 7.80. The van der Waals surface area contributed by atoms with Crippen LogP contribution in [0, 0.1) is 13.8 Å². The van der Waals surface area contributed by atoms with Crippen LogP contribution in [0.15, 0.2) is 18.2 Å². The zero-order chi connectivity index (χ0) is 15.9. The number of hydrogen-bond donors (Lipinski definition) is 0. The highest BCUT2D eigenvalue weighted by Gasteiger charge is 2.17. The maximum atomic E-state index is 12.1. The van der Waals surface area contributed by atoms with Gasteiger partial charge in [0.05, 0.1) is 19.8 Å². The molecule has 5 heteroatoms. The predicted molar refractivity (Wildman–Crippen MR) is 86.3 cm³/mol. The van der Waals surface area contributed by atoms with E-state index >= 15 is 0 Å². The van der Waals surface area contributed by atoms with E-state index in [4.69, 9.17) is 9.47 Å². The van der Waals surface area contributed by atoms with Crippen LogP contribution < -0.4 is 4.74 Å². The number of hydrogen-bond acceptors (Lipinski definition) is 4. The monoisotopic (exact) mass is 306 g/mol. The maximum absolute atomic E-state index is 12.1. The van der Waals surface area contributed by atoms with Crippen molar-refractivity contribution < 1.29 is 14.3 Å². The lowest BCUT2D eigenvalue weighted by Gasteiger charge is -2.28. The van der Waals surface area contributed by atoms with Crippen LogP contribution in [0.4, 0.5) is 0 Å². The molecule has 5 nitrogen and oxygen atoms in total. The fraction of sp³-hybridized carbons (Fsp3) is 0.588. The van der Waals surface area contributed by atoms with Gasteiger partial charge in [0.1, 0.15) is 12.4 Å². The van der Waals surface area contributed by atoms with Crippen molar-refractivity contribution in [1.82, 2.24) is 9.80 Å². The molecule has 1 aromatic rings. The normalized spacial score (nSPS) is 15.2. The van der Waals surface area contributed by atoms with Gasteiger partial charge in [-0.1, -0.05) is 6.07 Å². The van der Waals surface area contributed by atoms with Gasteiger partial charge in [-0.15, -0.1) is 0 Å². The average Bonchev–Trinajstić information content (AvgIpc) is 2.47. The third kappa shape index (κ3) is 5.31. The highest BCUT2D eigenvalue weighted by atomic mass is 16.5. The Balaban J connectivity index is 1.70. The smallest absolute Gasteiger partial charge is 0.236 e. The van der Waals surface area contributed by atoms with Gasteiger partial charge in [0.15, 0.2) is 0 Å². The molecule has 0 spiro atoms. The van der Waals surface area contributed by atoms with Crippen molar-refractivity contribution in [3.05, 3.63) is 29.3 Å². The molecular weight excluding hydrogens is 280 g/mol. The maximum Gasteiger partial charge on any atom is 0.236 e. The second-order valence-electron chi connectivity index (χ2n) is 5.90. The molecule has 1 aliphatic rings. The summed E-state index contributed by atoms with van der Waals surface area (Å²) in [5.41, 5.74) is 2.40. The van der Waals surface area contributed by atoms with Crippen molar-refractivity contribution in [1.29, 1.82) is 0 Å². The van der Waals surface area contributed by atoms with E-state index in [1.807, 2.05) is 29.0 Å². The molecule has 0 bridgehead atoms. The highest BCUT2D eigenvalue weighted by molar-refractivity contribution is 5.78. The second-order valence-corrected chi connectivity index (χ2v) is 5.90. The zero-order valence-electron chi connectivity index (χ0n) is 13.8. The zero-order valence-corrected chi connectivity index (χ0v) is 13.8. The molecule has 1 amide bonds. The number of rotatable bonds is 6. The molecule has 0 atom stereocenters. The van der Waals surface area contributed by atoms with Crippen molar-refractivity contribution in [2.24, 2.45) is 0 Å². The fourth-order valence-corrected chi connectivity index (χ4v) is 2.56. The molecule has 1 saturated heterocycles. The first kappa shape index (κ1) is 16.8. The van der Waals surface area contributed by atoms with E-state index in [0.717, 1.165) is 12.3 Å². The van der Waals surface area contributed by atoms with E-state index in [1.165, 1.54) is 11.1 Å². The fourth-order valence-electron chi connectivity index (χ4n) is 2.56. The Kier molecular flexibility index (Phi) is 6.21. The number of nitrogens with zero attached hydrogens (tertiary/aromatic N) is 2. The molecule has 22 heavy (non-hydrogen) atoms. The van der Waals surface area contributed by atoms with E-state index in [2.05, 4.69) is 19.9 Å². The third-order valence-corrected chi connectivity index (χ3v) is 3.71. The van der Waals surface area contributed by atoms with Crippen molar-refractivity contribution in [2.75, 3.05) is 53.0 Å². The Labute approximate surface area is 132 Å². The minimum atomic E-state index is 0.164. The van der Waals surface area contributed by atoms with Gasteiger partial charge in [-0.2, -0.15) is 0 Å². The Hall–Kier alpha value is -1.59. The number of aryl methyl sites for hydroxylation is 2. The van der Waals surface area contributed by atoms with E-state index in [0.29, 0.717) is 39.5 Å². The van der Waals surface area contributed by atoms with Gasteiger partial charge in [-0.3, -0.25) is 9.69 Å². The van der Waals surface area contributed by atoms with Gasteiger partial charge in [-0.25, -0.2) is 0 Å². The van der Waals surface area contributed by atoms with Gasteiger partial charge in [0.25, 0.3) is 0 Å². The molecule has 0 unspecified atom stereocenters. The number of amides is 1. The molecule has 2 rings (SSSR count). The standard InChI is InChI=1S/C17H26N2O3/c1-14-10-15(2)12-16(11-14)22-9-4-18(3)13-17(20)19-5-7-21-8-6-19/h10-12H,4-9,13H2,1-3H3. The molecule has 0 N–H and O–H groups in total. The minimum Gasteiger partial charge on any atom is -0.492 e. The number of benzene rings is 1. The van der Waals surface area contributed by atoms with E-state index in [9.17, 15) is 4.79 Å². The molecule has 0 saturated carbocycles. The highest BCUT2D eigenvalue weighted by Crippen LogP contribution is 2.16. The average molecular weight is 306 g/mol. The number of morpholine rings is 1. The van der Waals surface area contributed by atoms with Gasteiger partial charge in [0, 0.05) is 19.6 Å². The molecule has 0 aliphatic carbocycles. The molecule has 122 valence electrons. The Morgan fingerprint density at radius 1 is 1.23 bits per heavy atom. The van der Waals surface area contributed by atoms with Crippen molar-refractivity contribution >= 4 is 5.91 Å². The first-order valence-electron chi connectivity index (χ1n) is 7.80. The van der Waals surface area contributed by atoms with Gasteiger partial charge >= 0.3 is 0 Å². The number of carbonyl (C=O) groups is 1. The summed E-state index contributed by atoms with van der Waals surface area (Å²) in [4.78, 5) is 16.0. The van der Waals surface area contributed by atoms with E-state index in [1.54, 1.807) is 0 Å². The SMILES string of the molecule is Cc1cc(C)cc(OCCN(C)CC(=O)N2CCOCC2)c1. The van der Waals surface area contributed by atoms with E-state index < -0.39 is 0 Å². The van der Waals surface area contributed by atoms with Crippen molar-refractivity contribution in [3.63, 3.8) is 0 Å². The molecule has 1 heterocycles. The Morgan fingerprint density at radius 3 is 2.50 bits per heavy atom. The summed E-state index contributed by atoms with van der Waals surface area (Å²) in [5, 5.41) is 0. The summed E-state index contributed by atoms with van der Waals surface area (Å²) >= 11 is 0. The topological polar surface area (TPSA) is 42.0 Å². The molecule has 1 aliphatic heterocycles. The molecular formula is C17H26N2O3. The van der Waals surface area contributed by atoms with Crippen LogP contribution in [0.2, 0.25) is 0 Å². The number of likely N-dealkylation sites (N-methyl/N-ethyl adjacent to an activating group) is 1. The first-order chi connectivity index (χ1) is 10.5. The number of ether oxygens (including phenoxy) is 2. The number of carbonyl (C=O) groups excluding carboxylic acids is 1. The summed E-state index contributed by atoms with van der Waals surface area (Å²) < 4.78 is 11.0. The van der Waals surface area contributed by atoms with Gasteiger partial charge in [-0.05, 0) is 44.2 Å². The van der Waals surface area contributed by atoms with Crippen molar-refractivity contribution in [2.45, 2.75) is 13.8 Å². The second kappa shape index (κ2) is 8.15. The van der Waals surface area contributed by atoms with Crippen LogP contribution in [-0.4, -0.2) is 68.8 Å². The van der Waals surface area contributed by atoms with Crippen LogP contribution >= 0.6 is 0 Å². The van der Waals surface area contributed by atoms with Crippen LogP contribution in [0.3, 0.4) is 0 Å². The third-order valence-electron chi connectivity index (χ3n) is 3.71. The Morgan fingerprint density at radius 2 is 1.86 bits per heavy atom. The van der Waals surface area contributed by atoms with Gasteiger partial charge in [0.2, 0.25) is 5.91 Å². The van der Waals surface area contributed by atoms with Crippen LogP contribution in [0.5, 0.6) is 5.75 Å². The minimum absolute atomic E-state index is 0.164. The summed E-state index contributed by atoms with van der Waals surface area (Å²) in [5.74, 6) is 1.06. The molecule has 1 aromatic carbocycles. The predicted octanol–water partition coefficient (Wildman–Crippen LogP) is 1.47. The quantitative estimate of drug-likeness (QED) is 0.798. The van der Waals surface area contributed by atoms with Gasteiger partial charge < -0.3 is 14.4 Å². The molecule has 1 fully saturated rings. The largest absolute Gasteiger partial charge is 0.492 e. The summed E-state index contributed by atoms with van der Waals surface area (Å²) in [6.07, 6.45) is 0.